The maximum atomic E-state index is 12.9. The van der Waals surface area contributed by atoms with Gasteiger partial charge < -0.3 is 15.5 Å². The number of anilines is 1. The number of tetrazole rings is 1. The molecular formula is C18H27FN7O+. The number of benzene rings is 1. The van der Waals surface area contributed by atoms with Crippen LogP contribution >= 0.6 is 0 Å². The molecule has 146 valence electrons. The SMILES string of the molecule is CC(C)(C)n1nnnc1C[NH+]1CCC(NC(=O)Nc2ccc(F)cc2)CC1. The highest BCUT2D eigenvalue weighted by Gasteiger charge is 2.27. The minimum absolute atomic E-state index is 0.132. The van der Waals surface area contributed by atoms with Crippen LogP contribution in [0.4, 0.5) is 14.9 Å². The number of nitrogens with zero attached hydrogens (tertiary/aromatic N) is 4. The van der Waals surface area contributed by atoms with E-state index in [1.165, 1.54) is 17.0 Å². The van der Waals surface area contributed by atoms with Crippen LogP contribution in [-0.2, 0) is 12.1 Å². The highest BCUT2D eigenvalue weighted by atomic mass is 19.1. The summed E-state index contributed by atoms with van der Waals surface area (Å²) in [5.74, 6) is 0.562. The van der Waals surface area contributed by atoms with E-state index < -0.39 is 0 Å². The lowest BCUT2D eigenvalue weighted by atomic mass is 10.1. The molecule has 0 atom stereocenters. The number of quaternary nitrogens is 1. The molecule has 0 spiro atoms. The summed E-state index contributed by atoms with van der Waals surface area (Å²) in [6, 6.07) is 5.60. The van der Waals surface area contributed by atoms with Crippen LogP contribution in [0.3, 0.4) is 0 Å². The van der Waals surface area contributed by atoms with E-state index in [4.69, 9.17) is 0 Å². The van der Waals surface area contributed by atoms with Gasteiger partial charge in [-0.05, 0) is 55.5 Å². The molecular weight excluding hydrogens is 349 g/mol. The summed E-state index contributed by atoms with van der Waals surface area (Å²) in [7, 11) is 0. The first kappa shape index (κ1) is 19.2. The Hall–Kier alpha value is -2.55. The third kappa shape index (κ3) is 5.22. The average Bonchev–Trinajstić information content (AvgIpc) is 3.07. The number of hydrogen-bond acceptors (Lipinski definition) is 4. The molecule has 9 heteroatoms. The van der Waals surface area contributed by atoms with Crippen LogP contribution in [0.25, 0.3) is 0 Å². The molecule has 1 saturated heterocycles. The van der Waals surface area contributed by atoms with Crippen molar-refractivity contribution in [2.24, 2.45) is 0 Å². The van der Waals surface area contributed by atoms with Crippen LogP contribution in [-0.4, -0.2) is 45.4 Å². The Morgan fingerprint density at radius 2 is 1.93 bits per heavy atom. The van der Waals surface area contributed by atoms with Crippen LogP contribution in [0, 0.1) is 5.82 Å². The number of carbonyl (C=O) groups excluding carboxylic acids is 1. The van der Waals surface area contributed by atoms with Crippen molar-refractivity contribution in [3.63, 3.8) is 0 Å². The molecule has 1 fully saturated rings. The number of halogens is 1. The molecule has 0 bridgehead atoms. The van der Waals surface area contributed by atoms with Gasteiger partial charge in [-0.25, -0.2) is 13.9 Å². The molecule has 3 N–H and O–H groups in total. The first-order valence-electron chi connectivity index (χ1n) is 9.25. The normalized spacial score (nSPS) is 20.3. The molecule has 0 radical (unpaired) electrons. The van der Waals surface area contributed by atoms with Crippen LogP contribution < -0.4 is 15.5 Å². The zero-order valence-electron chi connectivity index (χ0n) is 16.0. The fraction of sp³-hybridized carbons (Fsp3) is 0.556. The van der Waals surface area contributed by atoms with Crippen molar-refractivity contribution in [1.29, 1.82) is 0 Å². The lowest BCUT2D eigenvalue weighted by Crippen LogP contribution is -3.12. The summed E-state index contributed by atoms with van der Waals surface area (Å²) in [6.45, 7) is 8.91. The van der Waals surface area contributed by atoms with Crippen LogP contribution in [0.5, 0.6) is 0 Å². The number of amides is 2. The molecule has 1 aromatic heterocycles. The lowest BCUT2D eigenvalue weighted by molar-refractivity contribution is -0.919. The molecule has 27 heavy (non-hydrogen) atoms. The van der Waals surface area contributed by atoms with Gasteiger partial charge in [0.25, 0.3) is 0 Å². The quantitative estimate of drug-likeness (QED) is 0.741. The van der Waals surface area contributed by atoms with Crippen molar-refractivity contribution in [2.75, 3.05) is 18.4 Å². The van der Waals surface area contributed by atoms with Gasteiger partial charge in [-0.15, -0.1) is 5.10 Å². The fourth-order valence-electron chi connectivity index (χ4n) is 3.29. The van der Waals surface area contributed by atoms with Gasteiger partial charge in [-0.2, -0.15) is 0 Å². The molecule has 0 unspecified atom stereocenters. The number of rotatable bonds is 4. The summed E-state index contributed by atoms with van der Waals surface area (Å²) in [5, 5.41) is 17.8. The number of piperidine rings is 1. The maximum Gasteiger partial charge on any atom is 0.319 e. The first-order valence-corrected chi connectivity index (χ1v) is 9.25. The summed E-state index contributed by atoms with van der Waals surface area (Å²) in [4.78, 5) is 13.5. The number of likely N-dealkylation sites (tertiary alicyclic amines) is 1. The van der Waals surface area contributed by atoms with Crippen molar-refractivity contribution >= 4 is 11.7 Å². The molecule has 2 aromatic rings. The van der Waals surface area contributed by atoms with Crippen molar-refractivity contribution in [3.8, 4) is 0 Å². The topological polar surface area (TPSA) is 89.2 Å². The lowest BCUT2D eigenvalue weighted by Gasteiger charge is -2.30. The molecule has 0 aliphatic carbocycles. The van der Waals surface area contributed by atoms with E-state index in [1.54, 1.807) is 12.1 Å². The molecule has 1 aliphatic heterocycles. The van der Waals surface area contributed by atoms with E-state index in [-0.39, 0.29) is 23.4 Å². The van der Waals surface area contributed by atoms with Gasteiger partial charge in [0, 0.05) is 24.6 Å². The van der Waals surface area contributed by atoms with Gasteiger partial charge in [0.1, 0.15) is 12.4 Å². The van der Waals surface area contributed by atoms with Gasteiger partial charge in [-0.1, -0.05) is 0 Å². The zero-order valence-corrected chi connectivity index (χ0v) is 16.0. The first-order chi connectivity index (χ1) is 12.8. The number of urea groups is 1. The van der Waals surface area contributed by atoms with Crippen molar-refractivity contribution in [3.05, 3.63) is 35.9 Å². The number of nitrogens with one attached hydrogen (secondary N) is 3. The van der Waals surface area contributed by atoms with Gasteiger partial charge in [0.15, 0.2) is 0 Å². The number of aromatic nitrogens is 4. The Bertz CT molecular complexity index is 761. The van der Waals surface area contributed by atoms with Crippen LogP contribution in [0.1, 0.15) is 39.4 Å². The van der Waals surface area contributed by atoms with Gasteiger partial charge in [0.05, 0.1) is 18.6 Å². The predicted octanol–water partition coefficient (Wildman–Crippen LogP) is 0.936. The minimum atomic E-state index is -0.325. The van der Waals surface area contributed by atoms with E-state index in [0.717, 1.165) is 38.3 Å². The second-order valence-corrected chi connectivity index (χ2v) is 7.98. The second-order valence-electron chi connectivity index (χ2n) is 7.98. The third-order valence-corrected chi connectivity index (χ3v) is 4.71. The zero-order chi connectivity index (χ0) is 19.4. The number of carbonyl (C=O) groups is 1. The maximum absolute atomic E-state index is 12.9. The van der Waals surface area contributed by atoms with Gasteiger partial charge >= 0.3 is 6.03 Å². The van der Waals surface area contributed by atoms with Crippen molar-refractivity contribution in [1.82, 2.24) is 25.5 Å². The molecule has 0 saturated carbocycles. The van der Waals surface area contributed by atoms with E-state index in [9.17, 15) is 9.18 Å². The molecule has 1 aliphatic rings. The average molecular weight is 376 g/mol. The second kappa shape index (κ2) is 7.99. The van der Waals surface area contributed by atoms with E-state index >= 15 is 0 Å². The monoisotopic (exact) mass is 376 g/mol. The fourth-order valence-corrected chi connectivity index (χ4v) is 3.29. The van der Waals surface area contributed by atoms with Crippen LogP contribution in [0.2, 0.25) is 0 Å². The molecule has 2 amide bonds. The number of hydrogen-bond donors (Lipinski definition) is 3. The molecule has 3 rings (SSSR count). The largest absolute Gasteiger partial charge is 0.335 e. The summed E-state index contributed by atoms with van der Waals surface area (Å²) in [5.41, 5.74) is 0.433. The summed E-state index contributed by atoms with van der Waals surface area (Å²) < 4.78 is 14.8. The third-order valence-electron chi connectivity index (χ3n) is 4.71. The Morgan fingerprint density at radius 1 is 1.26 bits per heavy atom. The molecule has 1 aromatic carbocycles. The van der Waals surface area contributed by atoms with E-state index in [2.05, 4.69) is 46.9 Å². The summed E-state index contributed by atoms with van der Waals surface area (Å²) in [6.07, 6.45) is 1.78. The van der Waals surface area contributed by atoms with Gasteiger partial charge in [-0.3, -0.25) is 0 Å². The Kier molecular flexibility index (Phi) is 5.69. The summed E-state index contributed by atoms with van der Waals surface area (Å²) >= 11 is 0. The highest BCUT2D eigenvalue weighted by molar-refractivity contribution is 5.89. The van der Waals surface area contributed by atoms with Crippen LogP contribution in [0.15, 0.2) is 24.3 Å². The Labute approximate surface area is 158 Å². The standard InChI is InChI=1S/C18H26FN7O/c1-18(2,3)26-16(22-23-24-26)12-25-10-8-15(9-11-25)21-17(27)20-14-6-4-13(19)5-7-14/h4-7,15H,8-12H2,1-3H3,(H2,20,21,27)/p+1. The Balaban J connectivity index is 1.46. The molecule has 8 nitrogen and oxygen atoms in total. The Morgan fingerprint density at radius 3 is 2.56 bits per heavy atom. The molecule has 2 heterocycles. The smallest absolute Gasteiger partial charge is 0.319 e. The highest BCUT2D eigenvalue weighted by Crippen LogP contribution is 2.13. The van der Waals surface area contributed by atoms with Crippen molar-refractivity contribution in [2.45, 2.75) is 51.7 Å². The van der Waals surface area contributed by atoms with Crippen molar-refractivity contribution < 1.29 is 14.1 Å². The minimum Gasteiger partial charge on any atom is -0.335 e. The predicted molar refractivity (Wildman–Crippen MR) is 98.8 cm³/mol. The van der Waals surface area contributed by atoms with E-state index in [0.29, 0.717) is 5.69 Å². The van der Waals surface area contributed by atoms with Gasteiger partial charge in [0.2, 0.25) is 5.82 Å². The van der Waals surface area contributed by atoms with E-state index in [1.807, 2.05) is 4.68 Å².